The number of imidazole rings is 1. The van der Waals surface area contributed by atoms with Crippen molar-refractivity contribution in [2.45, 2.75) is 19.3 Å². The molecule has 0 saturated carbocycles. The van der Waals surface area contributed by atoms with Crippen LogP contribution in [0.4, 0.5) is 10.1 Å². The molecule has 146 valence electrons. The summed E-state index contributed by atoms with van der Waals surface area (Å²) in [6.07, 6.45) is 1.75. The second kappa shape index (κ2) is 8.27. The van der Waals surface area contributed by atoms with E-state index in [4.69, 9.17) is 4.98 Å². The van der Waals surface area contributed by atoms with Crippen molar-refractivity contribution in [2.75, 3.05) is 5.32 Å². The van der Waals surface area contributed by atoms with Crippen LogP contribution in [-0.4, -0.2) is 15.5 Å². The molecule has 0 atom stereocenters. The normalized spacial score (nSPS) is 11.0. The lowest BCUT2D eigenvalue weighted by molar-refractivity contribution is -0.115. The Morgan fingerprint density at radius 3 is 2.48 bits per heavy atom. The van der Waals surface area contributed by atoms with E-state index in [1.165, 1.54) is 12.1 Å². The van der Waals surface area contributed by atoms with Gasteiger partial charge in [-0.1, -0.05) is 42.5 Å². The SMILES string of the molecule is Cn1c(CCc2ccccc2NC(=O)Cc2ccc(F)cc2)nc2ccccc21. The maximum atomic E-state index is 13.0. The van der Waals surface area contributed by atoms with Crippen LogP contribution < -0.4 is 5.32 Å². The van der Waals surface area contributed by atoms with E-state index in [0.29, 0.717) is 0 Å². The van der Waals surface area contributed by atoms with Crippen LogP contribution in [0, 0.1) is 5.82 Å². The Kier molecular flexibility index (Phi) is 5.38. The van der Waals surface area contributed by atoms with Gasteiger partial charge in [0, 0.05) is 19.2 Å². The molecule has 1 amide bonds. The lowest BCUT2D eigenvalue weighted by Gasteiger charge is -2.11. The van der Waals surface area contributed by atoms with Crippen LogP contribution >= 0.6 is 0 Å². The van der Waals surface area contributed by atoms with Crippen LogP contribution in [0.3, 0.4) is 0 Å². The van der Waals surface area contributed by atoms with E-state index < -0.39 is 0 Å². The summed E-state index contributed by atoms with van der Waals surface area (Å²) in [5.41, 5.74) is 4.75. The average Bonchev–Trinajstić information content (AvgIpc) is 3.05. The Morgan fingerprint density at radius 1 is 0.966 bits per heavy atom. The van der Waals surface area contributed by atoms with E-state index in [2.05, 4.69) is 16.0 Å². The van der Waals surface area contributed by atoms with Crippen molar-refractivity contribution in [1.29, 1.82) is 0 Å². The zero-order valence-electron chi connectivity index (χ0n) is 16.2. The minimum atomic E-state index is -0.304. The predicted octanol–water partition coefficient (Wildman–Crippen LogP) is 4.68. The van der Waals surface area contributed by atoms with Gasteiger partial charge in [-0.15, -0.1) is 0 Å². The van der Waals surface area contributed by atoms with E-state index in [1.807, 2.05) is 49.5 Å². The summed E-state index contributed by atoms with van der Waals surface area (Å²) in [5.74, 6) is 0.590. The first-order valence-corrected chi connectivity index (χ1v) is 9.63. The van der Waals surface area contributed by atoms with E-state index in [1.54, 1.807) is 12.1 Å². The summed E-state index contributed by atoms with van der Waals surface area (Å²) in [5, 5.41) is 2.99. The standard InChI is InChI=1S/C24H22FN3O/c1-28-22-9-5-4-8-21(22)26-23(28)15-12-18-6-2-3-7-20(18)27-24(29)16-17-10-13-19(25)14-11-17/h2-11,13-14H,12,15-16H2,1H3,(H,27,29). The fourth-order valence-electron chi connectivity index (χ4n) is 3.51. The molecule has 0 spiro atoms. The maximum Gasteiger partial charge on any atom is 0.228 e. The maximum absolute atomic E-state index is 13.0. The number of carbonyl (C=O) groups is 1. The molecule has 5 heteroatoms. The highest BCUT2D eigenvalue weighted by atomic mass is 19.1. The number of nitrogens with zero attached hydrogens (tertiary/aromatic N) is 2. The number of para-hydroxylation sites is 3. The number of anilines is 1. The van der Waals surface area contributed by atoms with Gasteiger partial charge in [-0.3, -0.25) is 4.79 Å². The molecule has 3 aromatic carbocycles. The topological polar surface area (TPSA) is 46.9 Å². The summed E-state index contributed by atoms with van der Waals surface area (Å²) in [7, 11) is 2.03. The fraction of sp³-hybridized carbons (Fsp3) is 0.167. The number of hydrogen-bond acceptors (Lipinski definition) is 2. The van der Waals surface area contributed by atoms with E-state index in [9.17, 15) is 9.18 Å². The minimum absolute atomic E-state index is 0.119. The second-order valence-electron chi connectivity index (χ2n) is 7.08. The monoisotopic (exact) mass is 387 g/mol. The Morgan fingerprint density at radius 2 is 1.69 bits per heavy atom. The number of carbonyl (C=O) groups excluding carboxylic acids is 1. The number of nitrogens with one attached hydrogen (secondary N) is 1. The van der Waals surface area contributed by atoms with Gasteiger partial charge in [0.15, 0.2) is 0 Å². The van der Waals surface area contributed by atoms with Crippen LogP contribution in [0.5, 0.6) is 0 Å². The van der Waals surface area contributed by atoms with Gasteiger partial charge in [0.25, 0.3) is 0 Å². The molecule has 4 rings (SSSR count). The molecule has 1 heterocycles. The number of amides is 1. The number of aryl methyl sites for hydroxylation is 3. The molecule has 0 fully saturated rings. The number of fused-ring (bicyclic) bond motifs is 1. The van der Waals surface area contributed by atoms with Crippen molar-refractivity contribution in [2.24, 2.45) is 7.05 Å². The zero-order valence-corrected chi connectivity index (χ0v) is 16.2. The van der Waals surface area contributed by atoms with Gasteiger partial charge < -0.3 is 9.88 Å². The Bertz CT molecular complexity index is 1150. The van der Waals surface area contributed by atoms with Crippen LogP contribution in [0.15, 0.2) is 72.8 Å². The molecule has 4 aromatic rings. The van der Waals surface area contributed by atoms with Gasteiger partial charge in [-0.2, -0.15) is 0 Å². The van der Waals surface area contributed by atoms with Gasteiger partial charge in [-0.25, -0.2) is 9.37 Å². The quantitative estimate of drug-likeness (QED) is 0.522. The third kappa shape index (κ3) is 4.35. The first kappa shape index (κ1) is 18.9. The molecule has 4 nitrogen and oxygen atoms in total. The third-order valence-corrected chi connectivity index (χ3v) is 5.07. The largest absolute Gasteiger partial charge is 0.331 e. The number of rotatable bonds is 6. The summed E-state index contributed by atoms with van der Waals surface area (Å²) in [4.78, 5) is 17.2. The molecule has 1 aromatic heterocycles. The predicted molar refractivity (Wildman–Crippen MR) is 113 cm³/mol. The summed E-state index contributed by atoms with van der Waals surface area (Å²) in [6, 6.07) is 21.9. The van der Waals surface area contributed by atoms with Crippen molar-refractivity contribution in [3.05, 3.63) is 95.6 Å². The number of aromatic nitrogens is 2. The molecule has 0 aliphatic carbocycles. The summed E-state index contributed by atoms with van der Waals surface area (Å²) >= 11 is 0. The minimum Gasteiger partial charge on any atom is -0.331 e. The van der Waals surface area contributed by atoms with Crippen molar-refractivity contribution in [1.82, 2.24) is 9.55 Å². The van der Waals surface area contributed by atoms with E-state index in [0.717, 1.165) is 46.5 Å². The van der Waals surface area contributed by atoms with Crippen LogP contribution in [0.25, 0.3) is 11.0 Å². The fourth-order valence-corrected chi connectivity index (χ4v) is 3.51. The van der Waals surface area contributed by atoms with Crippen molar-refractivity contribution in [3.8, 4) is 0 Å². The van der Waals surface area contributed by atoms with Gasteiger partial charge in [0.05, 0.1) is 17.5 Å². The van der Waals surface area contributed by atoms with Crippen molar-refractivity contribution < 1.29 is 9.18 Å². The molecule has 0 bridgehead atoms. The highest BCUT2D eigenvalue weighted by molar-refractivity contribution is 5.93. The molecule has 0 unspecified atom stereocenters. The van der Waals surface area contributed by atoms with Crippen molar-refractivity contribution in [3.63, 3.8) is 0 Å². The number of halogens is 1. The smallest absolute Gasteiger partial charge is 0.228 e. The first-order chi connectivity index (χ1) is 14.1. The van der Waals surface area contributed by atoms with Gasteiger partial charge in [0.2, 0.25) is 5.91 Å². The molecule has 0 saturated heterocycles. The lowest BCUT2D eigenvalue weighted by Crippen LogP contribution is -2.16. The van der Waals surface area contributed by atoms with E-state index in [-0.39, 0.29) is 18.1 Å². The van der Waals surface area contributed by atoms with Gasteiger partial charge >= 0.3 is 0 Å². The molecular formula is C24H22FN3O. The van der Waals surface area contributed by atoms with Crippen LogP contribution in [0.2, 0.25) is 0 Å². The summed E-state index contributed by atoms with van der Waals surface area (Å²) < 4.78 is 15.2. The van der Waals surface area contributed by atoms with Crippen molar-refractivity contribution >= 4 is 22.6 Å². The van der Waals surface area contributed by atoms with Gasteiger partial charge in [0.1, 0.15) is 11.6 Å². The summed E-state index contributed by atoms with van der Waals surface area (Å²) in [6.45, 7) is 0. The second-order valence-corrected chi connectivity index (χ2v) is 7.08. The average molecular weight is 387 g/mol. The third-order valence-electron chi connectivity index (χ3n) is 5.07. The Balaban J connectivity index is 1.45. The highest BCUT2D eigenvalue weighted by Crippen LogP contribution is 2.20. The first-order valence-electron chi connectivity index (χ1n) is 9.63. The van der Waals surface area contributed by atoms with Crippen LogP contribution in [-0.2, 0) is 31.1 Å². The molecule has 0 aliphatic rings. The number of benzene rings is 3. The van der Waals surface area contributed by atoms with E-state index >= 15 is 0 Å². The van der Waals surface area contributed by atoms with Gasteiger partial charge in [-0.05, 0) is 47.9 Å². The molecule has 1 N–H and O–H groups in total. The Labute approximate surface area is 169 Å². The zero-order chi connectivity index (χ0) is 20.2. The highest BCUT2D eigenvalue weighted by Gasteiger charge is 2.11. The Hall–Kier alpha value is -3.47. The van der Waals surface area contributed by atoms with Crippen LogP contribution in [0.1, 0.15) is 17.0 Å². The molecule has 29 heavy (non-hydrogen) atoms. The lowest BCUT2D eigenvalue weighted by atomic mass is 10.1. The molecule has 0 radical (unpaired) electrons. The number of hydrogen-bond donors (Lipinski definition) is 1. The molecular weight excluding hydrogens is 365 g/mol. The molecule has 0 aliphatic heterocycles.